The first-order chi connectivity index (χ1) is 12.6. The van der Waals surface area contributed by atoms with Gasteiger partial charge >= 0.3 is 6.03 Å². The van der Waals surface area contributed by atoms with Crippen LogP contribution in [0.4, 0.5) is 10.5 Å². The van der Waals surface area contributed by atoms with Gasteiger partial charge in [0.15, 0.2) is 0 Å². The summed E-state index contributed by atoms with van der Waals surface area (Å²) in [5, 5.41) is 9.18. The predicted octanol–water partition coefficient (Wildman–Crippen LogP) is 2.98. The van der Waals surface area contributed by atoms with Crippen molar-refractivity contribution in [1.29, 1.82) is 0 Å². The third kappa shape index (κ3) is 4.48. The number of carbonyl (C=O) groups excluding carboxylic acids is 2. The number of halogens is 1. The van der Waals surface area contributed by atoms with Crippen molar-refractivity contribution in [3.05, 3.63) is 28.8 Å². The fourth-order valence-corrected chi connectivity index (χ4v) is 3.67. The molecule has 0 spiro atoms. The largest absolute Gasteiger partial charge is 0.349 e. The number of urea groups is 1. The van der Waals surface area contributed by atoms with Gasteiger partial charge in [-0.1, -0.05) is 11.6 Å². The molecule has 1 aromatic carbocycles. The average Bonchev–Trinajstić information content (AvgIpc) is 3.51. The molecule has 140 valence electrons. The van der Waals surface area contributed by atoms with Crippen LogP contribution in [0.15, 0.2) is 18.2 Å². The maximum Gasteiger partial charge on any atom is 0.319 e. The van der Waals surface area contributed by atoms with E-state index in [9.17, 15) is 9.59 Å². The van der Waals surface area contributed by atoms with Crippen molar-refractivity contribution in [1.82, 2.24) is 15.5 Å². The lowest BCUT2D eigenvalue weighted by Gasteiger charge is -2.32. The number of benzene rings is 1. The topological polar surface area (TPSA) is 73.5 Å². The number of piperidine rings is 1. The highest BCUT2D eigenvalue weighted by atomic mass is 35.5. The minimum Gasteiger partial charge on any atom is -0.349 e. The number of nitrogens with zero attached hydrogens (tertiary/aromatic N) is 1. The molecule has 1 aliphatic heterocycles. The number of nitrogens with one attached hydrogen (secondary N) is 3. The van der Waals surface area contributed by atoms with Crippen LogP contribution in [0.2, 0.25) is 5.02 Å². The number of anilines is 1. The normalized spacial score (nSPS) is 21.3. The summed E-state index contributed by atoms with van der Waals surface area (Å²) >= 11 is 6.14. The number of rotatable bonds is 5. The molecule has 0 bridgehead atoms. The van der Waals surface area contributed by atoms with Crippen molar-refractivity contribution < 1.29 is 9.59 Å². The van der Waals surface area contributed by atoms with Gasteiger partial charge in [0.1, 0.15) is 0 Å². The first kappa shape index (κ1) is 17.6. The van der Waals surface area contributed by atoms with Gasteiger partial charge in [0, 0.05) is 36.9 Å². The van der Waals surface area contributed by atoms with Crippen LogP contribution in [-0.4, -0.2) is 48.1 Å². The van der Waals surface area contributed by atoms with Crippen molar-refractivity contribution >= 4 is 29.2 Å². The molecule has 1 heterocycles. The molecule has 3 N–H and O–H groups in total. The molecule has 4 rings (SSSR count). The summed E-state index contributed by atoms with van der Waals surface area (Å²) in [6, 6.07) is 6.02. The predicted molar refractivity (Wildman–Crippen MR) is 102 cm³/mol. The summed E-state index contributed by atoms with van der Waals surface area (Å²) in [6.45, 7) is 2.12. The van der Waals surface area contributed by atoms with E-state index in [0.29, 0.717) is 16.3 Å². The Bertz CT molecular complexity index is 695. The highest BCUT2D eigenvalue weighted by Gasteiger charge is 2.32. The summed E-state index contributed by atoms with van der Waals surface area (Å²) in [7, 11) is 0. The minimum absolute atomic E-state index is 0.186. The highest BCUT2D eigenvalue weighted by Crippen LogP contribution is 2.29. The molecule has 3 amide bonds. The van der Waals surface area contributed by atoms with E-state index in [2.05, 4.69) is 20.9 Å². The Balaban J connectivity index is 1.30. The van der Waals surface area contributed by atoms with Crippen molar-refractivity contribution in [2.75, 3.05) is 18.4 Å². The number of likely N-dealkylation sites (tertiary alicyclic amines) is 1. The Kier molecular flexibility index (Phi) is 5.05. The van der Waals surface area contributed by atoms with E-state index in [-0.39, 0.29) is 24.0 Å². The van der Waals surface area contributed by atoms with Crippen LogP contribution < -0.4 is 16.0 Å². The molecule has 0 aromatic heterocycles. The van der Waals surface area contributed by atoms with Gasteiger partial charge in [-0.25, -0.2) is 4.79 Å². The lowest BCUT2D eigenvalue weighted by Crippen LogP contribution is -2.46. The molecule has 2 aliphatic carbocycles. The molecule has 7 heteroatoms. The Morgan fingerprint density at radius 3 is 2.31 bits per heavy atom. The Morgan fingerprint density at radius 1 is 0.962 bits per heavy atom. The van der Waals surface area contributed by atoms with Crippen LogP contribution in [-0.2, 0) is 0 Å². The second-order valence-corrected chi connectivity index (χ2v) is 7.99. The van der Waals surface area contributed by atoms with E-state index in [1.165, 1.54) is 12.8 Å². The van der Waals surface area contributed by atoms with Crippen molar-refractivity contribution in [3.63, 3.8) is 0 Å². The van der Waals surface area contributed by atoms with E-state index < -0.39 is 0 Å². The summed E-state index contributed by atoms with van der Waals surface area (Å²) in [5.41, 5.74) is 0.970. The van der Waals surface area contributed by atoms with Crippen molar-refractivity contribution in [2.24, 2.45) is 0 Å². The van der Waals surface area contributed by atoms with Crippen LogP contribution in [0.1, 0.15) is 48.9 Å². The average molecular weight is 377 g/mol. The van der Waals surface area contributed by atoms with E-state index in [4.69, 9.17) is 11.6 Å². The monoisotopic (exact) mass is 376 g/mol. The number of hydrogen-bond donors (Lipinski definition) is 3. The van der Waals surface area contributed by atoms with Gasteiger partial charge in [-0.3, -0.25) is 4.79 Å². The number of carbonyl (C=O) groups is 2. The van der Waals surface area contributed by atoms with Gasteiger partial charge in [0.05, 0.1) is 10.6 Å². The second kappa shape index (κ2) is 7.45. The second-order valence-electron chi connectivity index (χ2n) is 7.58. The fourth-order valence-electron chi connectivity index (χ4n) is 3.47. The zero-order valence-corrected chi connectivity index (χ0v) is 15.5. The third-order valence-electron chi connectivity index (χ3n) is 5.31. The van der Waals surface area contributed by atoms with Gasteiger partial charge < -0.3 is 20.9 Å². The minimum atomic E-state index is -0.231. The van der Waals surface area contributed by atoms with Gasteiger partial charge in [-0.05, 0) is 56.7 Å². The van der Waals surface area contributed by atoms with Gasteiger partial charge in [-0.2, -0.15) is 0 Å². The maximum absolute atomic E-state index is 12.3. The summed E-state index contributed by atoms with van der Waals surface area (Å²) in [4.78, 5) is 27.1. The Hall–Kier alpha value is -1.79. The first-order valence-electron chi connectivity index (χ1n) is 9.50. The first-order valence-corrected chi connectivity index (χ1v) is 9.88. The lowest BCUT2D eigenvalue weighted by molar-refractivity contribution is 0.0951. The summed E-state index contributed by atoms with van der Waals surface area (Å²) in [6.07, 6.45) is 6.66. The van der Waals surface area contributed by atoms with Gasteiger partial charge in [0.25, 0.3) is 5.91 Å². The molecule has 0 atom stereocenters. The van der Waals surface area contributed by atoms with Crippen molar-refractivity contribution in [2.45, 2.75) is 56.7 Å². The van der Waals surface area contributed by atoms with Crippen LogP contribution in [0.5, 0.6) is 0 Å². The fraction of sp³-hybridized carbons (Fsp3) is 0.579. The lowest BCUT2D eigenvalue weighted by atomic mass is 10.1. The Labute approximate surface area is 158 Å². The smallest absolute Gasteiger partial charge is 0.319 e. The van der Waals surface area contributed by atoms with E-state index in [1.807, 2.05) is 0 Å². The molecule has 3 fully saturated rings. The molecule has 2 saturated carbocycles. The molecule has 26 heavy (non-hydrogen) atoms. The quantitative estimate of drug-likeness (QED) is 0.739. The van der Waals surface area contributed by atoms with Gasteiger partial charge in [-0.15, -0.1) is 0 Å². The van der Waals surface area contributed by atoms with Crippen LogP contribution in [0.25, 0.3) is 0 Å². The van der Waals surface area contributed by atoms with E-state index in [0.717, 1.165) is 44.8 Å². The Morgan fingerprint density at radius 2 is 1.65 bits per heavy atom. The summed E-state index contributed by atoms with van der Waals surface area (Å²) in [5.74, 6) is -0.186. The van der Waals surface area contributed by atoms with Crippen LogP contribution >= 0.6 is 11.6 Å². The maximum atomic E-state index is 12.3. The van der Waals surface area contributed by atoms with E-state index in [1.54, 1.807) is 18.2 Å². The summed E-state index contributed by atoms with van der Waals surface area (Å²) < 4.78 is 0. The van der Waals surface area contributed by atoms with Crippen molar-refractivity contribution in [3.8, 4) is 0 Å². The number of amides is 3. The van der Waals surface area contributed by atoms with Crippen LogP contribution in [0, 0.1) is 0 Å². The molecule has 1 aromatic rings. The zero-order chi connectivity index (χ0) is 18.1. The molecule has 0 unspecified atom stereocenters. The van der Waals surface area contributed by atoms with E-state index >= 15 is 0 Å². The molecule has 3 aliphatic rings. The highest BCUT2D eigenvalue weighted by molar-refractivity contribution is 6.34. The number of hydrogen-bond acceptors (Lipinski definition) is 3. The van der Waals surface area contributed by atoms with Gasteiger partial charge in [0.2, 0.25) is 0 Å². The SMILES string of the molecule is O=C(Nc1ccc(Cl)c(C(=O)NC2CC2)c1)NC1CCN(C2CC2)CC1. The zero-order valence-electron chi connectivity index (χ0n) is 14.8. The standard InChI is InChI=1S/C19H25ClN4O2/c20-17-6-3-14(11-16(17)18(25)21-12-1-2-12)23-19(26)22-13-7-9-24(10-8-13)15-4-5-15/h3,6,11-13,15H,1-2,4-5,7-10H2,(H,21,25)(H2,22,23,26). The molecular formula is C19H25ClN4O2. The molecular weight excluding hydrogens is 352 g/mol. The third-order valence-corrected chi connectivity index (χ3v) is 5.64. The molecule has 6 nitrogen and oxygen atoms in total. The van der Waals surface area contributed by atoms with Crippen LogP contribution in [0.3, 0.4) is 0 Å². The molecule has 0 radical (unpaired) electrons. The molecule has 1 saturated heterocycles.